The highest BCUT2D eigenvalue weighted by atomic mass is 32.2. The van der Waals surface area contributed by atoms with Gasteiger partial charge >= 0.3 is 0 Å². The number of hydrogen-bond acceptors (Lipinski definition) is 4. The summed E-state index contributed by atoms with van der Waals surface area (Å²) in [6.07, 6.45) is 2.48. The van der Waals surface area contributed by atoms with Crippen LogP contribution in [0.15, 0.2) is 29.2 Å². The largest absolute Gasteiger partial charge is 0.300 e. The lowest BCUT2D eigenvalue weighted by molar-refractivity contribution is -0.384. The Morgan fingerprint density at radius 2 is 1.94 bits per heavy atom. The van der Waals surface area contributed by atoms with E-state index in [0.717, 1.165) is 12.8 Å². The van der Waals surface area contributed by atoms with Crippen LogP contribution < -0.4 is 0 Å². The maximum Gasteiger partial charge on any atom is 0.269 e. The predicted molar refractivity (Wildman–Crippen MR) is 66.8 cm³/mol. The second-order valence-electron chi connectivity index (χ2n) is 4.31. The Kier molecular flexibility index (Phi) is 3.86. The molecule has 2 rings (SSSR count). The number of non-ortho nitro benzene ring substituents is 1. The van der Waals surface area contributed by atoms with Crippen LogP contribution in [0.3, 0.4) is 0 Å². The number of Topliss-reactive ketones (excluding diaryl/α,β-unsaturated/α-hetero) is 1. The summed E-state index contributed by atoms with van der Waals surface area (Å²) < 4.78 is 12.2. The second-order valence-corrected chi connectivity index (χ2v) is 6.04. The fraction of sp³-hybridized carbons (Fsp3) is 0.417. The van der Waals surface area contributed by atoms with E-state index in [1.807, 2.05) is 0 Å². The van der Waals surface area contributed by atoms with E-state index in [2.05, 4.69) is 0 Å². The van der Waals surface area contributed by atoms with E-state index >= 15 is 0 Å². The number of carbonyl (C=O) groups excluding carboxylic acids is 1. The molecule has 1 aliphatic carbocycles. The lowest BCUT2D eigenvalue weighted by atomic mass is 9.99. The summed E-state index contributed by atoms with van der Waals surface area (Å²) in [4.78, 5) is 21.9. The number of rotatable bonds is 3. The van der Waals surface area contributed by atoms with Gasteiger partial charge < -0.3 is 0 Å². The van der Waals surface area contributed by atoms with Gasteiger partial charge in [0.05, 0.1) is 15.7 Å². The van der Waals surface area contributed by atoms with Crippen molar-refractivity contribution < 1.29 is 13.9 Å². The average molecular weight is 267 g/mol. The molecular weight excluding hydrogens is 254 g/mol. The lowest BCUT2D eigenvalue weighted by Crippen LogP contribution is -2.24. The van der Waals surface area contributed by atoms with E-state index in [4.69, 9.17) is 0 Å². The van der Waals surface area contributed by atoms with E-state index in [1.54, 1.807) is 0 Å². The molecule has 96 valence electrons. The van der Waals surface area contributed by atoms with Gasteiger partial charge in [0.15, 0.2) is 0 Å². The van der Waals surface area contributed by atoms with Gasteiger partial charge in [0.1, 0.15) is 5.78 Å². The first-order chi connectivity index (χ1) is 8.58. The number of carbonyl (C=O) groups is 1. The Hall–Kier alpha value is -1.56. The maximum atomic E-state index is 12.2. The second kappa shape index (κ2) is 5.39. The van der Waals surface area contributed by atoms with Crippen molar-refractivity contribution in [3.05, 3.63) is 34.4 Å². The molecule has 2 atom stereocenters. The Labute approximate surface area is 107 Å². The van der Waals surface area contributed by atoms with Crippen molar-refractivity contribution in [2.75, 3.05) is 0 Å². The number of benzene rings is 1. The van der Waals surface area contributed by atoms with Gasteiger partial charge in [0, 0.05) is 35.1 Å². The Morgan fingerprint density at radius 1 is 1.28 bits per heavy atom. The highest BCUT2D eigenvalue weighted by molar-refractivity contribution is 7.85. The molecule has 0 amide bonds. The molecule has 1 aromatic carbocycles. The molecule has 6 heteroatoms. The zero-order chi connectivity index (χ0) is 13.1. The van der Waals surface area contributed by atoms with Crippen LogP contribution in [0.1, 0.15) is 25.7 Å². The number of nitro benzene ring substituents is 1. The molecule has 0 saturated heterocycles. The Morgan fingerprint density at radius 3 is 2.50 bits per heavy atom. The van der Waals surface area contributed by atoms with Gasteiger partial charge in [0.25, 0.3) is 5.69 Å². The van der Waals surface area contributed by atoms with Gasteiger partial charge in [-0.25, -0.2) is 0 Å². The summed E-state index contributed by atoms with van der Waals surface area (Å²) >= 11 is 0. The van der Waals surface area contributed by atoms with Gasteiger partial charge in [-0.1, -0.05) is 0 Å². The van der Waals surface area contributed by atoms with Crippen LogP contribution in [-0.4, -0.2) is 20.2 Å². The van der Waals surface area contributed by atoms with Crippen molar-refractivity contribution in [3.63, 3.8) is 0 Å². The first-order valence-corrected chi connectivity index (χ1v) is 6.96. The van der Waals surface area contributed by atoms with Crippen LogP contribution >= 0.6 is 0 Å². The molecule has 0 heterocycles. The Bertz CT molecular complexity index is 497. The third-order valence-corrected chi connectivity index (χ3v) is 4.76. The van der Waals surface area contributed by atoms with Gasteiger partial charge in [-0.15, -0.1) is 0 Å². The van der Waals surface area contributed by atoms with Crippen LogP contribution in [0.2, 0.25) is 0 Å². The quantitative estimate of drug-likeness (QED) is 0.621. The lowest BCUT2D eigenvalue weighted by Gasteiger charge is -2.19. The molecule has 1 saturated carbocycles. The third kappa shape index (κ3) is 2.81. The zero-order valence-corrected chi connectivity index (χ0v) is 10.5. The van der Waals surface area contributed by atoms with Gasteiger partial charge in [-0.2, -0.15) is 0 Å². The Balaban J connectivity index is 2.13. The molecule has 18 heavy (non-hydrogen) atoms. The standard InChI is InChI=1S/C12H13NO4S/c14-10-2-1-3-12(8-10)18(17)11-6-4-9(5-7-11)13(15)16/h4-7,12H,1-3,8H2. The van der Waals surface area contributed by atoms with Gasteiger partial charge in [0.2, 0.25) is 0 Å². The molecule has 1 aromatic rings. The summed E-state index contributed by atoms with van der Waals surface area (Å²) in [7, 11) is -1.26. The maximum absolute atomic E-state index is 12.2. The molecule has 0 radical (unpaired) electrons. The minimum absolute atomic E-state index is 0.0181. The first-order valence-electron chi connectivity index (χ1n) is 5.74. The van der Waals surface area contributed by atoms with Crippen LogP contribution in [-0.2, 0) is 15.6 Å². The molecule has 0 aromatic heterocycles. The van der Waals surface area contributed by atoms with Crippen molar-refractivity contribution in [1.29, 1.82) is 0 Å². The van der Waals surface area contributed by atoms with Crippen LogP contribution in [0, 0.1) is 10.1 Å². The molecule has 1 aliphatic rings. The van der Waals surface area contributed by atoms with E-state index in [0.29, 0.717) is 17.7 Å². The monoisotopic (exact) mass is 267 g/mol. The molecule has 2 unspecified atom stereocenters. The molecule has 5 nitrogen and oxygen atoms in total. The minimum Gasteiger partial charge on any atom is -0.300 e. The van der Waals surface area contributed by atoms with Crippen molar-refractivity contribution >= 4 is 22.3 Å². The number of nitrogens with zero attached hydrogens (tertiary/aromatic N) is 1. The van der Waals surface area contributed by atoms with Crippen molar-refractivity contribution in [1.82, 2.24) is 0 Å². The van der Waals surface area contributed by atoms with Crippen molar-refractivity contribution in [3.8, 4) is 0 Å². The fourth-order valence-electron chi connectivity index (χ4n) is 2.06. The third-order valence-electron chi connectivity index (χ3n) is 3.02. The molecule has 1 fully saturated rings. The molecule has 0 aliphatic heterocycles. The summed E-state index contributed by atoms with van der Waals surface area (Å²) in [5, 5.41) is 10.4. The van der Waals surface area contributed by atoms with E-state index in [9.17, 15) is 19.1 Å². The molecule has 0 bridgehead atoms. The topological polar surface area (TPSA) is 77.3 Å². The number of hydrogen-bond donors (Lipinski definition) is 0. The average Bonchev–Trinajstić information content (AvgIpc) is 2.38. The SMILES string of the molecule is O=C1CCCC(S(=O)c2ccc([N+](=O)[O-])cc2)C1. The molecule has 0 spiro atoms. The van der Waals surface area contributed by atoms with Crippen molar-refractivity contribution in [2.24, 2.45) is 0 Å². The molecule has 0 N–H and O–H groups in total. The number of ketones is 1. The van der Waals surface area contributed by atoms with E-state index in [-0.39, 0.29) is 16.7 Å². The molecular formula is C12H13NO4S. The smallest absolute Gasteiger partial charge is 0.269 e. The van der Waals surface area contributed by atoms with Crippen molar-refractivity contribution in [2.45, 2.75) is 35.8 Å². The summed E-state index contributed by atoms with van der Waals surface area (Å²) in [6.45, 7) is 0. The predicted octanol–water partition coefficient (Wildman–Crippen LogP) is 2.21. The zero-order valence-electron chi connectivity index (χ0n) is 9.70. The normalized spacial score (nSPS) is 21.6. The van der Waals surface area contributed by atoms with E-state index in [1.165, 1.54) is 24.3 Å². The van der Waals surface area contributed by atoms with Crippen LogP contribution in [0.5, 0.6) is 0 Å². The highest BCUT2D eigenvalue weighted by Crippen LogP contribution is 2.25. The van der Waals surface area contributed by atoms with Gasteiger partial charge in [-0.05, 0) is 25.0 Å². The minimum atomic E-state index is -1.26. The fourth-order valence-corrected chi connectivity index (χ4v) is 3.57. The summed E-state index contributed by atoms with van der Waals surface area (Å²) in [5.41, 5.74) is -0.0181. The highest BCUT2D eigenvalue weighted by Gasteiger charge is 2.25. The van der Waals surface area contributed by atoms with Crippen LogP contribution in [0.25, 0.3) is 0 Å². The summed E-state index contributed by atoms with van der Waals surface area (Å²) in [6, 6.07) is 5.70. The van der Waals surface area contributed by atoms with Gasteiger partial charge in [-0.3, -0.25) is 19.1 Å². The van der Waals surface area contributed by atoms with E-state index < -0.39 is 15.7 Å². The summed E-state index contributed by atoms with van der Waals surface area (Å²) in [5.74, 6) is 0.154. The van der Waals surface area contributed by atoms with Crippen LogP contribution in [0.4, 0.5) is 5.69 Å². The number of nitro groups is 1. The first kappa shape index (κ1) is 12.9.